The predicted octanol–water partition coefficient (Wildman–Crippen LogP) is 0.446. The summed E-state index contributed by atoms with van der Waals surface area (Å²) in [5.74, 6) is -2.40. The molecular formula is C12H10F4Si2. The molecule has 0 aliphatic carbocycles. The Hall–Kier alpha value is -1.41. The average Bonchev–Trinajstić information content (AvgIpc) is 2.23. The first-order valence-electron chi connectivity index (χ1n) is 5.43. The van der Waals surface area contributed by atoms with Gasteiger partial charge in [0.15, 0.2) is 0 Å². The number of halogens is 4. The fourth-order valence-electron chi connectivity index (χ4n) is 1.80. The molecule has 0 nitrogen and oxygen atoms in total. The lowest BCUT2D eigenvalue weighted by atomic mass is 10.3. The van der Waals surface area contributed by atoms with E-state index in [-0.39, 0.29) is 0 Å². The highest BCUT2D eigenvalue weighted by atomic mass is 29.1. The molecule has 0 radical (unpaired) electrons. The summed E-state index contributed by atoms with van der Waals surface area (Å²) in [6, 6.07) is 6.86. The zero-order chi connectivity index (χ0) is 13.1. The third kappa shape index (κ3) is 3.54. The van der Waals surface area contributed by atoms with Crippen molar-refractivity contribution >= 4 is 28.4 Å². The molecule has 0 heterocycles. The molecular weight excluding hydrogens is 276 g/mol. The highest BCUT2D eigenvalue weighted by molar-refractivity contribution is 7.12. The highest BCUT2D eigenvalue weighted by Gasteiger charge is 2.05. The van der Waals surface area contributed by atoms with E-state index in [9.17, 15) is 17.6 Å². The Morgan fingerprint density at radius 1 is 0.500 bits per heavy atom. The molecule has 2 aromatic carbocycles. The Bertz CT molecular complexity index is 480. The van der Waals surface area contributed by atoms with Crippen LogP contribution in [0, 0.1) is 23.3 Å². The van der Waals surface area contributed by atoms with Crippen LogP contribution in [0.1, 0.15) is 0 Å². The Labute approximate surface area is 106 Å². The lowest BCUT2D eigenvalue weighted by molar-refractivity contribution is 0.584. The van der Waals surface area contributed by atoms with Gasteiger partial charge in [0, 0.05) is 30.2 Å². The monoisotopic (exact) mass is 286 g/mol. The summed E-state index contributed by atoms with van der Waals surface area (Å²) in [5, 5.41) is 1.31. The number of hydrogen-bond acceptors (Lipinski definition) is 0. The Balaban J connectivity index is 2.11. The van der Waals surface area contributed by atoms with E-state index in [0.717, 1.165) is 12.1 Å². The van der Waals surface area contributed by atoms with Gasteiger partial charge in [0.25, 0.3) is 0 Å². The van der Waals surface area contributed by atoms with Crippen LogP contribution >= 0.6 is 0 Å². The molecule has 0 spiro atoms. The van der Waals surface area contributed by atoms with Gasteiger partial charge in [0.2, 0.25) is 0 Å². The van der Waals surface area contributed by atoms with Gasteiger partial charge in [-0.3, -0.25) is 0 Å². The van der Waals surface area contributed by atoms with Gasteiger partial charge in [-0.05, 0) is 24.3 Å². The zero-order valence-electron chi connectivity index (χ0n) is 9.39. The van der Waals surface area contributed by atoms with E-state index in [1.54, 1.807) is 0 Å². The second kappa shape index (κ2) is 5.49. The molecule has 0 saturated carbocycles. The van der Waals surface area contributed by atoms with Crippen molar-refractivity contribution in [2.24, 2.45) is 0 Å². The quantitative estimate of drug-likeness (QED) is 0.568. The maximum Gasteiger partial charge on any atom is 0.125 e. The minimum Gasteiger partial charge on any atom is -0.207 e. The first-order chi connectivity index (χ1) is 8.52. The summed E-state index contributed by atoms with van der Waals surface area (Å²) in [5.41, 5.74) is 0. The van der Waals surface area contributed by atoms with Crippen LogP contribution in [-0.2, 0) is 0 Å². The van der Waals surface area contributed by atoms with Gasteiger partial charge in [-0.15, -0.1) is 0 Å². The second-order valence-electron chi connectivity index (χ2n) is 4.06. The molecule has 94 valence electrons. The summed E-state index contributed by atoms with van der Waals surface area (Å²) in [6.07, 6.45) is 0. The standard InChI is InChI=1S/C12H10F4Si2/c13-7-1-8(14)4-11(3-7)17-18-12-5-9(15)2-10(16)6-12/h1-6H,17-18H2. The summed E-state index contributed by atoms with van der Waals surface area (Å²) in [6.45, 7) is 0. The number of rotatable bonds is 3. The second-order valence-corrected chi connectivity index (χ2v) is 9.69. The molecule has 0 atom stereocenters. The van der Waals surface area contributed by atoms with Gasteiger partial charge in [-0.25, -0.2) is 17.6 Å². The number of benzene rings is 2. The fraction of sp³-hybridized carbons (Fsp3) is 0. The van der Waals surface area contributed by atoms with Crippen molar-refractivity contribution < 1.29 is 17.6 Å². The molecule has 0 aliphatic heterocycles. The molecule has 0 amide bonds. The lowest BCUT2D eigenvalue weighted by Gasteiger charge is -2.02. The summed E-state index contributed by atoms with van der Waals surface area (Å²) >= 11 is 0. The van der Waals surface area contributed by atoms with Crippen LogP contribution in [0.15, 0.2) is 36.4 Å². The van der Waals surface area contributed by atoms with E-state index in [1.165, 1.54) is 24.3 Å². The van der Waals surface area contributed by atoms with Gasteiger partial charge in [-0.1, -0.05) is 10.4 Å². The van der Waals surface area contributed by atoms with Gasteiger partial charge in [-0.2, -0.15) is 0 Å². The van der Waals surface area contributed by atoms with Gasteiger partial charge < -0.3 is 0 Å². The van der Waals surface area contributed by atoms with Crippen LogP contribution < -0.4 is 10.4 Å². The molecule has 2 aromatic rings. The van der Waals surface area contributed by atoms with Gasteiger partial charge in [0.1, 0.15) is 23.3 Å². The minimum absolute atomic E-state index is 0.600. The van der Waals surface area contributed by atoms with Crippen molar-refractivity contribution in [1.29, 1.82) is 0 Å². The third-order valence-corrected chi connectivity index (χ3v) is 8.98. The zero-order valence-corrected chi connectivity index (χ0v) is 12.2. The van der Waals surface area contributed by atoms with E-state index in [4.69, 9.17) is 0 Å². The van der Waals surface area contributed by atoms with E-state index in [2.05, 4.69) is 0 Å². The van der Waals surface area contributed by atoms with Crippen LogP contribution in [0.25, 0.3) is 0 Å². The highest BCUT2D eigenvalue weighted by Crippen LogP contribution is 2.00. The minimum atomic E-state index is -0.859. The molecule has 0 fully saturated rings. The molecule has 0 unspecified atom stereocenters. The molecule has 0 aromatic heterocycles. The first kappa shape index (κ1) is 13.0. The predicted molar refractivity (Wildman–Crippen MR) is 69.1 cm³/mol. The molecule has 2 rings (SSSR count). The summed E-state index contributed by atoms with van der Waals surface area (Å²) < 4.78 is 51.8. The van der Waals surface area contributed by atoms with E-state index < -0.39 is 41.3 Å². The van der Waals surface area contributed by atoms with Crippen molar-refractivity contribution in [1.82, 2.24) is 0 Å². The smallest absolute Gasteiger partial charge is 0.125 e. The average molecular weight is 286 g/mol. The van der Waals surface area contributed by atoms with Crippen molar-refractivity contribution in [2.45, 2.75) is 0 Å². The van der Waals surface area contributed by atoms with Gasteiger partial charge >= 0.3 is 0 Å². The topological polar surface area (TPSA) is 0 Å². The van der Waals surface area contributed by atoms with E-state index in [0.29, 0.717) is 10.4 Å². The van der Waals surface area contributed by atoms with Crippen molar-refractivity contribution in [3.8, 4) is 0 Å². The Kier molecular flexibility index (Phi) is 3.98. The SMILES string of the molecule is Fc1cc(F)cc([SiH2][SiH2]c2cc(F)cc(F)c2)c1. The Morgan fingerprint density at radius 2 is 0.778 bits per heavy atom. The van der Waals surface area contributed by atoms with Crippen LogP contribution in [0.4, 0.5) is 17.6 Å². The van der Waals surface area contributed by atoms with Crippen molar-refractivity contribution in [3.63, 3.8) is 0 Å². The molecule has 0 bridgehead atoms. The van der Waals surface area contributed by atoms with Crippen molar-refractivity contribution in [2.75, 3.05) is 0 Å². The fourth-order valence-corrected chi connectivity index (χ4v) is 7.20. The first-order valence-corrected chi connectivity index (χ1v) is 10.8. The van der Waals surface area contributed by atoms with E-state index in [1.807, 2.05) is 0 Å². The maximum absolute atomic E-state index is 13.0. The summed E-state index contributed by atoms with van der Waals surface area (Å²) in [7, 11) is -1.72. The third-order valence-electron chi connectivity index (χ3n) is 2.55. The molecule has 0 aliphatic rings. The van der Waals surface area contributed by atoms with Gasteiger partial charge in [0.05, 0.1) is 0 Å². The molecule has 18 heavy (non-hydrogen) atoms. The normalized spacial score (nSPS) is 12.0. The molecule has 0 N–H and O–H groups in total. The van der Waals surface area contributed by atoms with Crippen LogP contribution in [0.2, 0.25) is 0 Å². The largest absolute Gasteiger partial charge is 0.207 e. The van der Waals surface area contributed by atoms with Crippen molar-refractivity contribution in [3.05, 3.63) is 59.7 Å². The maximum atomic E-state index is 13.0. The number of hydrogen-bond donors (Lipinski definition) is 0. The lowest BCUT2D eigenvalue weighted by Crippen LogP contribution is -2.30. The molecule has 0 saturated heterocycles. The summed E-state index contributed by atoms with van der Waals surface area (Å²) in [4.78, 5) is 0. The van der Waals surface area contributed by atoms with E-state index >= 15 is 0 Å². The Morgan fingerprint density at radius 3 is 1.06 bits per heavy atom. The van der Waals surface area contributed by atoms with Crippen LogP contribution in [-0.4, -0.2) is 18.1 Å². The van der Waals surface area contributed by atoms with Crippen LogP contribution in [0.5, 0.6) is 0 Å². The molecule has 6 heteroatoms. The van der Waals surface area contributed by atoms with Crippen LogP contribution in [0.3, 0.4) is 0 Å².